The lowest BCUT2D eigenvalue weighted by Gasteiger charge is -2.15. The average molecular weight is 350 g/mol. The molecule has 1 aromatic carbocycles. The molecule has 0 spiro atoms. The van der Waals surface area contributed by atoms with Gasteiger partial charge in [0.25, 0.3) is 0 Å². The summed E-state index contributed by atoms with van der Waals surface area (Å²) in [4.78, 5) is -0.290. The fourth-order valence-corrected chi connectivity index (χ4v) is 2.63. The van der Waals surface area contributed by atoms with Gasteiger partial charge in [-0.15, -0.1) is 0 Å². The van der Waals surface area contributed by atoms with Crippen molar-refractivity contribution in [1.82, 2.24) is 4.72 Å². The Bertz CT molecular complexity index is 521. The van der Waals surface area contributed by atoms with Crippen molar-refractivity contribution in [2.24, 2.45) is 0 Å². The smallest absolute Gasteiger partial charge is 0.207 e. The van der Waals surface area contributed by atoms with Gasteiger partial charge < -0.3 is 0 Å². The van der Waals surface area contributed by atoms with Gasteiger partial charge in [-0.05, 0) is 18.2 Å². The summed E-state index contributed by atoms with van der Waals surface area (Å²) in [5, 5.41) is 0. The van der Waals surface area contributed by atoms with Gasteiger partial charge in [0.05, 0.1) is 11.4 Å². The highest BCUT2D eigenvalue weighted by Crippen LogP contribution is 2.23. The summed E-state index contributed by atoms with van der Waals surface area (Å²) in [6, 6.07) is 5.24. The van der Waals surface area contributed by atoms with Crippen LogP contribution in [-0.4, -0.2) is 27.3 Å². The zero-order chi connectivity index (χ0) is 14.0. The Hall–Kier alpha value is -0.670. The Morgan fingerprint density at radius 1 is 1.33 bits per heavy atom. The van der Waals surface area contributed by atoms with Crippen molar-refractivity contribution in [2.45, 2.75) is 17.2 Å². The first-order valence-corrected chi connectivity index (χ1v) is 6.84. The monoisotopic (exact) mass is 349 g/mol. The number of hydrogen-bond acceptors (Lipinski definition) is 2. The van der Waals surface area contributed by atoms with Crippen LogP contribution in [-0.2, 0) is 10.0 Å². The van der Waals surface area contributed by atoms with E-state index in [1.165, 1.54) is 22.9 Å². The first-order valence-electron chi connectivity index (χ1n) is 4.56. The predicted molar refractivity (Wildman–Crippen MR) is 60.3 cm³/mol. The Balaban J connectivity index is 2.84. The first-order chi connectivity index (χ1) is 8.15. The summed E-state index contributed by atoms with van der Waals surface area (Å²) >= 11 is 3.01. The molecule has 0 atom stereocenters. The summed E-state index contributed by atoms with van der Waals surface area (Å²) in [5.41, 5.74) is 0. The molecule has 0 unspecified atom stereocenters. The molecule has 0 aliphatic heterocycles. The van der Waals surface area contributed by atoms with Gasteiger partial charge in [0, 0.05) is 4.47 Å². The Kier molecular flexibility index (Phi) is 4.73. The molecular formula is C9H8BrF4NO2S. The zero-order valence-electron chi connectivity index (χ0n) is 8.71. The highest BCUT2D eigenvalue weighted by atomic mass is 79.9. The van der Waals surface area contributed by atoms with E-state index in [4.69, 9.17) is 0 Å². The summed E-state index contributed by atoms with van der Waals surface area (Å²) < 4.78 is 73.8. The lowest BCUT2D eigenvalue weighted by atomic mass is 10.4. The van der Waals surface area contributed by atoms with Crippen molar-refractivity contribution in [1.29, 1.82) is 0 Å². The van der Waals surface area contributed by atoms with Crippen molar-refractivity contribution in [3.63, 3.8) is 0 Å². The highest BCUT2D eigenvalue weighted by molar-refractivity contribution is 9.10. The maximum absolute atomic E-state index is 12.6. The summed E-state index contributed by atoms with van der Waals surface area (Å²) in [6.45, 7) is -1.65. The van der Waals surface area contributed by atoms with Crippen LogP contribution in [0.3, 0.4) is 0 Å². The SMILES string of the molecule is O=S(=O)(NCC(F)(F)C(F)F)c1cccc(Br)c1. The number of halogens is 5. The molecule has 0 amide bonds. The molecule has 1 N–H and O–H groups in total. The van der Waals surface area contributed by atoms with E-state index < -0.39 is 28.9 Å². The molecule has 102 valence electrons. The molecule has 0 radical (unpaired) electrons. The molecule has 0 bridgehead atoms. The summed E-state index contributed by atoms with van der Waals surface area (Å²) in [6.07, 6.45) is -3.93. The van der Waals surface area contributed by atoms with E-state index in [1.54, 1.807) is 0 Å². The van der Waals surface area contributed by atoms with Crippen molar-refractivity contribution >= 4 is 26.0 Å². The molecule has 18 heavy (non-hydrogen) atoms. The lowest BCUT2D eigenvalue weighted by molar-refractivity contribution is -0.122. The second kappa shape index (κ2) is 5.54. The molecule has 1 rings (SSSR count). The van der Waals surface area contributed by atoms with E-state index in [1.807, 2.05) is 0 Å². The topological polar surface area (TPSA) is 46.2 Å². The van der Waals surface area contributed by atoms with E-state index in [0.29, 0.717) is 4.47 Å². The Morgan fingerprint density at radius 2 is 1.94 bits per heavy atom. The van der Waals surface area contributed by atoms with Gasteiger partial charge >= 0.3 is 12.3 Å². The number of benzene rings is 1. The van der Waals surface area contributed by atoms with E-state index in [2.05, 4.69) is 15.9 Å². The normalized spacial score (nSPS) is 13.0. The predicted octanol–water partition coefficient (Wildman–Crippen LogP) is 2.63. The molecule has 0 saturated carbocycles. The van der Waals surface area contributed by atoms with Gasteiger partial charge in [-0.25, -0.2) is 21.9 Å². The molecule has 0 aliphatic rings. The van der Waals surface area contributed by atoms with E-state index >= 15 is 0 Å². The van der Waals surface area contributed by atoms with Gasteiger partial charge in [-0.2, -0.15) is 8.78 Å². The van der Waals surface area contributed by atoms with Crippen molar-refractivity contribution in [3.8, 4) is 0 Å². The molecule has 0 heterocycles. The fraction of sp³-hybridized carbons (Fsp3) is 0.333. The summed E-state index contributed by atoms with van der Waals surface area (Å²) in [5.74, 6) is -4.40. The van der Waals surface area contributed by atoms with Gasteiger partial charge in [-0.1, -0.05) is 22.0 Å². The molecule has 0 fully saturated rings. The molecule has 0 aliphatic carbocycles. The highest BCUT2D eigenvalue weighted by Gasteiger charge is 2.41. The van der Waals surface area contributed by atoms with Crippen molar-refractivity contribution < 1.29 is 26.0 Å². The molecular weight excluding hydrogens is 342 g/mol. The largest absolute Gasteiger partial charge is 0.320 e. The third-order valence-electron chi connectivity index (χ3n) is 1.92. The van der Waals surface area contributed by atoms with Crippen LogP contribution in [0, 0.1) is 0 Å². The molecule has 0 aromatic heterocycles. The van der Waals surface area contributed by atoms with Crippen LogP contribution in [0.2, 0.25) is 0 Å². The van der Waals surface area contributed by atoms with Crippen molar-refractivity contribution in [2.75, 3.05) is 6.54 Å². The van der Waals surface area contributed by atoms with Crippen LogP contribution in [0.1, 0.15) is 0 Å². The average Bonchev–Trinajstić information content (AvgIpc) is 2.26. The molecule has 1 aromatic rings. The van der Waals surface area contributed by atoms with Crippen LogP contribution >= 0.6 is 15.9 Å². The van der Waals surface area contributed by atoms with Crippen LogP contribution < -0.4 is 4.72 Å². The standard InChI is InChI=1S/C9H8BrF4NO2S/c10-6-2-1-3-7(4-6)18(16,17)15-5-9(13,14)8(11)12/h1-4,8,15H,5H2. The maximum atomic E-state index is 12.6. The Morgan fingerprint density at radius 3 is 2.44 bits per heavy atom. The number of hydrogen-bond donors (Lipinski definition) is 1. The number of alkyl halides is 4. The van der Waals surface area contributed by atoms with Gasteiger partial charge in [0.15, 0.2) is 0 Å². The maximum Gasteiger partial charge on any atom is 0.320 e. The number of sulfonamides is 1. The first kappa shape index (κ1) is 15.4. The fourth-order valence-electron chi connectivity index (χ4n) is 0.986. The molecule has 9 heteroatoms. The van der Waals surface area contributed by atoms with Crippen LogP contribution in [0.5, 0.6) is 0 Å². The molecule has 3 nitrogen and oxygen atoms in total. The van der Waals surface area contributed by atoms with E-state index in [0.717, 1.165) is 6.07 Å². The minimum Gasteiger partial charge on any atom is -0.207 e. The van der Waals surface area contributed by atoms with Gasteiger partial charge in [-0.3, -0.25) is 0 Å². The van der Waals surface area contributed by atoms with E-state index in [9.17, 15) is 26.0 Å². The third-order valence-corrected chi connectivity index (χ3v) is 3.82. The third kappa shape index (κ3) is 3.92. The van der Waals surface area contributed by atoms with Crippen LogP contribution in [0.15, 0.2) is 33.6 Å². The van der Waals surface area contributed by atoms with Crippen LogP contribution in [0.4, 0.5) is 17.6 Å². The van der Waals surface area contributed by atoms with Crippen molar-refractivity contribution in [3.05, 3.63) is 28.7 Å². The van der Waals surface area contributed by atoms with Crippen LogP contribution in [0.25, 0.3) is 0 Å². The Labute approximate surface area is 109 Å². The quantitative estimate of drug-likeness (QED) is 0.830. The number of nitrogens with one attached hydrogen (secondary N) is 1. The molecule has 0 saturated heterocycles. The lowest BCUT2D eigenvalue weighted by Crippen LogP contribution is -2.41. The number of rotatable bonds is 5. The summed E-state index contributed by atoms with van der Waals surface area (Å²) in [7, 11) is -4.24. The minimum atomic E-state index is -4.40. The zero-order valence-corrected chi connectivity index (χ0v) is 11.1. The second-order valence-electron chi connectivity index (χ2n) is 3.34. The second-order valence-corrected chi connectivity index (χ2v) is 6.03. The van der Waals surface area contributed by atoms with Gasteiger partial charge in [0.1, 0.15) is 0 Å². The van der Waals surface area contributed by atoms with Gasteiger partial charge in [0.2, 0.25) is 10.0 Å². The van der Waals surface area contributed by atoms with E-state index in [-0.39, 0.29) is 4.90 Å². The minimum absolute atomic E-state index is 0.290.